The third-order valence-corrected chi connectivity index (χ3v) is 4.87. The number of nitrogens with two attached hydrogens (primary N) is 1. The first-order valence-electron chi connectivity index (χ1n) is 8.14. The lowest BCUT2D eigenvalue weighted by atomic mass is 9.89. The summed E-state index contributed by atoms with van der Waals surface area (Å²) >= 11 is 0. The van der Waals surface area contributed by atoms with Crippen molar-refractivity contribution in [1.82, 2.24) is 4.98 Å². The number of carbonyl (C=O) groups is 1. The van der Waals surface area contributed by atoms with Crippen molar-refractivity contribution in [3.63, 3.8) is 0 Å². The van der Waals surface area contributed by atoms with Crippen LogP contribution in [0.5, 0.6) is 0 Å². The van der Waals surface area contributed by atoms with E-state index in [0.29, 0.717) is 49.3 Å². The van der Waals surface area contributed by atoms with Gasteiger partial charge in [0.2, 0.25) is 23.4 Å². The summed E-state index contributed by atoms with van der Waals surface area (Å²) in [4.78, 5) is 17.7. The minimum atomic E-state index is -0.236. The first-order valence-corrected chi connectivity index (χ1v) is 8.14. The summed E-state index contributed by atoms with van der Waals surface area (Å²) in [6.07, 6.45) is 7.28. The zero-order chi connectivity index (χ0) is 15.5. The fraction of sp³-hybridized carbons (Fsp3) is 0.688. The average molecular weight is 302 g/mol. The molecule has 1 aromatic heterocycles. The number of piperidine rings is 1. The molecule has 1 saturated carbocycles. The summed E-state index contributed by atoms with van der Waals surface area (Å²) in [6, 6.07) is 2.15. The van der Waals surface area contributed by atoms with Gasteiger partial charge in [0.1, 0.15) is 6.07 Å². The van der Waals surface area contributed by atoms with Crippen LogP contribution in [0.3, 0.4) is 0 Å². The highest BCUT2D eigenvalue weighted by Crippen LogP contribution is 2.36. The number of rotatable bonds is 3. The standard InChI is InChI=1S/C16H22N4O2/c17-10-13-16(20-8-6-11(7-9-20)14(18)21)22-15(19-13)12-4-2-1-3-5-12/h11-12H,1-9H2,(H2,18,21). The number of amides is 1. The van der Waals surface area contributed by atoms with Gasteiger partial charge >= 0.3 is 0 Å². The number of carbonyl (C=O) groups excluding carboxylic acids is 1. The molecule has 0 atom stereocenters. The average Bonchev–Trinajstić information content (AvgIpc) is 3.00. The van der Waals surface area contributed by atoms with Crippen LogP contribution in [0.1, 0.15) is 62.4 Å². The Morgan fingerprint density at radius 3 is 2.50 bits per heavy atom. The van der Waals surface area contributed by atoms with E-state index in [1.165, 1.54) is 19.3 Å². The molecule has 2 N–H and O–H groups in total. The summed E-state index contributed by atoms with van der Waals surface area (Å²) in [5.41, 5.74) is 5.74. The second kappa shape index (κ2) is 6.39. The summed E-state index contributed by atoms with van der Waals surface area (Å²) < 4.78 is 5.96. The fourth-order valence-electron chi connectivity index (χ4n) is 3.51. The van der Waals surface area contributed by atoms with E-state index in [2.05, 4.69) is 11.1 Å². The summed E-state index contributed by atoms with van der Waals surface area (Å²) in [7, 11) is 0. The lowest BCUT2D eigenvalue weighted by Gasteiger charge is -2.30. The van der Waals surface area contributed by atoms with Crippen LogP contribution in [0.2, 0.25) is 0 Å². The van der Waals surface area contributed by atoms with Gasteiger partial charge in [-0.05, 0) is 25.7 Å². The van der Waals surface area contributed by atoms with E-state index in [9.17, 15) is 10.1 Å². The van der Waals surface area contributed by atoms with Crippen LogP contribution in [0.4, 0.5) is 5.88 Å². The molecule has 1 saturated heterocycles. The number of nitrogens with zero attached hydrogens (tertiary/aromatic N) is 3. The lowest BCUT2D eigenvalue weighted by Crippen LogP contribution is -2.38. The van der Waals surface area contributed by atoms with E-state index >= 15 is 0 Å². The van der Waals surface area contributed by atoms with Crippen LogP contribution in [-0.4, -0.2) is 24.0 Å². The number of aromatic nitrogens is 1. The third-order valence-electron chi connectivity index (χ3n) is 4.87. The number of hydrogen-bond donors (Lipinski definition) is 1. The molecule has 6 heteroatoms. The van der Waals surface area contributed by atoms with Crippen molar-refractivity contribution in [3.05, 3.63) is 11.6 Å². The van der Waals surface area contributed by atoms with Gasteiger partial charge in [-0.25, -0.2) is 4.98 Å². The predicted octanol–water partition coefficient (Wildman–Crippen LogP) is 2.30. The topological polar surface area (TPSA) is 96.2 Å². The SMILES string of the molecule is N#Cc1nc(C2CCCCC2)oc1N1CCC(C(N)=O)CC1. The van der Waals surface area contributed by atoms with Gasteiger partial charge in [-0.3, -0.25) is 4.79 Å². The molecule has 1 aliphatic carbocycles. The van der Waals surface area contributed by atoms with Crippen molar-refractivity contribution < 1.29 is 9.21 Å². The molecule has 22 heavy (non-hydrogen) atoms. The first-order chi connectivity index (χ1) is 10.7. The van der Waals surface area contributed by atoms with Crippen LogP contribution >= 0.6 is 0 Å². The molecule has 6 nitrogen and oxygen atoms in total. The van der Waals surface area contributed by atoms with Gasteiger partial charge in [-0.1, -0.05) is 19.3 Å². The molecule has 0 radical (unpaired) electrons. The normalized spacial score (nSPS) is 20.8. The molecule has 2 heterocycles. The van der Waals surface area contributed by atoms with Crippen LogP contribution in [0.25, 0.3) is 0 Å². The van der Waals surface area contributed by atoms with Crippen molar-refractivity contribution in [2.75, 3.05) is 18.0 Å². The summed E-state index contributed by atoms with van der Waals surface area (Å²) in [6.45, 7) is 1.36. The van der Waals surface area contributed by atoms with E-state index in [1.54, 1.807) is 0 Å². The fourth-order valence-corrected chi connectivity index (χ4v) is 3.51. The minimum absolute atomic E-state index is 0.0671. The van der Waals surface area contributed by atoms with Gasteiger partial charge in [0.05, 0.1) is 0 Å². The highest BCUT2D eigenvalue weighted by atomic mass is 16.4. The van der Waals surface area contributed by atoms with Crippen molar-refractivity contribution >= 4 is 11.8 Å². The Bertz CT molecular complexity index is 575. The van der Waals surface area contributed by atoms with Crippen molar-refractivity contribution in [1.29, 1.82) is 5.26 Å². The Hall–Kier alpha value is -2.03. The second-order valence-corrected chi connectivity index (χ2v) is 6.32. The highest BCUT2D eigenvalue weighted by Gasteiger charge is 2.29. The molecular formula is C16H22N4O2. The maximum absolute atomic E-state index is 11.2. The Labute approximate surface area is 130 Å². The molecule has 1 amide bonds. The van der Waals surface area contributed by atoms with Gasteiger partial charge in [-0.2, -0.15) is 5.26 Å². The monoisotopic (exact) mass is 302 g/mol. The molecule has 0 unspecified atom stereocenters. The molecule has 1 aliphatic heterocycles. The van der Waals surface area contributed by atoms with Gasteiger partial charge < -0.3 is 15.1 Å². The maximum atomic E-state index is 11.2. The molecule has 3 rings (SSSR count). The van der Waals surface area contributed by atoms with Gasteiger partial charge in [0.15, 0.2) is 0 Å². The Morgan fingerprint density at radius 1 is 1.23 bits per heavy atom. The minimum Gasteiger partial charge on any atom is -0.423 e. The molecule has 0 aromatic carbocycles. The molecule has 2 aliphatic rings. The highest BCUT2D eigenvalue weighted by molar-refractivity contribution is 5.77. The number of primary amides is 1. The van der Waals surface area contributed by atoms with E-state index < -0.39 is 0 Å². The summed E-state index contributed by atoms with van der Waals surface area (Å²) in [5.74, 6) is 1.33. The molecule has 2 fully saturated rings. The van der Waals surface area contributed by atoms with E-state index in [1.807, 2.05) is 4.90 Å². The predicted molar refractivity (Wildman–Crippen MR) is 81.2 cm³/mol. The second-order valence-electron chi connectivity index (χ2n) is 6.32. The molecule has 0 bridgehead atoms. The maximum Gasteiger partial charge on any atom is 0.234 e. The van der Waals surface area contributed by atoms with Crippen LogP contribution < -0.4 is 10.6 Å². The van der Waals surface area contributed by atoms with Gasteiger partial charge in [-0.15, -0.1) is 0 Å². The number of anilines is 1. The number of oxazole rings is 1. The Kier molecular flexibility index (Phi) is 4.32. The van der Waals surface area contributed by atoms with E-state index in [0.717, 1.165) is 12.8 Å². The molecule has 1 aromatic rings. The molecule has 0 spiro atoms. The largest absolute Gasteiger partial charge is 0.423 e. The van der Waals surface area contributed by atoms with Crippen LogP contribution in [0.15, 0.2) is 4.42 Å². The van der Waals surface area contributed by atoms with Crippen LogP contribution in [-0.2, 0) is 4.79 Å². The lowest BCUT2D eigenvalue weighted by molar-refractivity contribution is -0.122. The Morgan fingerprint density at radius 2 is 1.91 bits per heavy atom. The number of hydrogen-bond acceptors (Lipinski definition) is 5. The first kappa shape index (κ1) is 14.9. The molecular weight excluding hydrogens is 280 g/mol. The Balaban J connectivity index is 1.75. The van der Waals surface area contributed by atoms with Crippen LogP contribution in [0, 0.1) is 17.2 Å². The summed E-state index contributed by atoms with van der Waals surface area (Å²) in [5, 5.41) is 9.33. The van der Waals surface area contributed by atoms with Crippen molar-refractivity contribution in [3.8, 4) is 6.07 Å². The van der Waals surface area contributed by atoms with Gasteiger partial charge in [0, 0.05) is 24.9 Å². The van der Waals surface area contributed by atoms with Gasteiger partial charge in [0.25, 0.3) is 0 Å². The number of nitriles is 1. The van der Waals surface area contributed by atoms with E-state index in [-0.39, 0.29) is 11.8 Å². The molecule has 118 valence electrons. The smallest absolute Gasteiger partial charge is 0.234 e. The quantitative estimate of drug-likeness (QED) is 0.924. The third kappa shape index (κ3) is 2.94. The van der Waals surface area contributed by atoms with E-state index in [4.69, 9.17) is 10.2 Å². The van der Waals surface area contributed by atoms with Crippen molar-refractivity contribution in [2.24, 2.45) is 11.7 Å². The van der Waals surface area contributed by atoms with Crippen molar-refractivity contribution in [2.45, 2.75) is 50.9 Å². The zero-order valence-corrected chi connectivity index (χ0v) is 12.8. The zero-order valence-electron chi connectivity index (χ0n) is 12.8.